The van der Waals surface area contributed by atoms with Crippen LogP contribution in [0.3, 0.4) is 0 Å². The van der Waals surface area contributed by atoms with Crippen LogP contribution in [0.1, 0.15) is 0 Å². The van der Waals surface area contributed by atoms with Crippen LogP contribution in [0.25, 0.3) is 0 Å². The fraction of sp³-hybridized carbons (Fsp3) is 0. The molecular formula is H3Cl3O2P. The zero-order chi connectivity index (χ0) is 2.71. The van der Waals surface area contributed by atoms with Gasteiger partial charge in [0.2, 0.25) is 0 Å². The van der Waals surface area contributed by atoms with Gasteiger partial charge in [-0.3, -0.25) is 0 Å². The minimum absolute atomic E-state index is 0. The van der Waals surface area contributed by atoms with Crippen molar-refractivity contribution in [1.82, 2.24) is 0 Å². The molecule has 6 heavy (non-hydrogen) atoms. The Balaban J connectivity index is -0.00000000667. The Kier molecular flexibility index (Phi) is 187. The van der Waals surface area contributed by atoms with Gasteiger partial charge in [0.05, 0.1) is 0 Å². The summed E-state index contributed by atoms with van der Waals surface area (Å²) in [5.41, 5.74) is 0. The molecule has 0 bridgehead atoms. The van der Waals surface area contributed by atoms with Crippen LogP contribution < -0.4 is 0 Å². The first-order chi connectivity index (χ1) is 1.41. The summed E-state index contributed by atoms with van der Waals surface area (Å²) in [6, 6.07) is 0. The van der Waals surface area contributed by atoms with E-state index < -0.39 is 8.34 Å². The van der Waals surface area contributed by atoms with E-state index in [-0.39, 0.29) is 37.2 Å². The summed E-state index contributed by atoms with van der Waals surface area (Å²) < 4.78 is 16.7. The van der Waals surface area contributed by atoms with Gasteiger partial charge in [0, 0.05) is 0 Å². The Bertz CT molecular complexity index is 29.8. The fourth-order valence-electron chi connectivity index (χ4n) is 0. The molecule has 0 unspecified atom stereocenters. The summed E-state index contributed by atoms with van der Waals surface area (Å²) in [7, 11) is -1.08. The summed E-state index contributed by atoms with van der Waals surface area (Å²) in [6.45, 7) is 0. The normalized spacial score (nSPS) is 1.33. The van der Waals surface area contributed by atoms with Crippen molar-refractivity contribution in [2.75, 3.05) is 0 Å². The van der Waals surface area contributed by atoms with Crippen molar-refractivity contribution in [1.29, 1.82) is 0 Å². The molecule has 0 aromatic heterocycles. The number of halogens is 3. The average molecular weight is 172 g/mol. The van der Waals surface area contributed by atoms with Gasteiger partial charge in [-0.25, -0.2) is 0 Å². The van der Waals surface area contributed by atoms with Gasteiger partial charge in [-0.05, 0) is 0 Å². The van der Waals surface area contributed by atoms with Crippen LogP contribution in [-0.4, -0.2) is 0 Å². The summed E-state index contributed by atoms with van der Waals surface area (Å²) in [4.78, 5) is 0. The maximum atomic E-state index is 8.35. The monoisotopic (exact) mass is 171 g/mol. The Morgan fingerprint density at radius 2 is 0.833 bits per heavy atom. The zero-order valence-corrected chi connectivity index (χ0v) is 5.83. The molecule has 6 heteroatoms. The molecule has 41 valence electrons. The first-order valence-corrected chi connectivity index (χ1v) is 1.10. The van der Waals surface area contributed by atoms with Crippen LogP contribution in [0.15, 0.2) is 0 Å². The maximum absolute atomic E-state index is 8.35. The first kappa shape index (κ1) is 28.6. The van der Waals surface area contributed by atoms with E-state index in [1.807, 2.05) is 0 Å². The van der Waals surface area contributed by atoms with Crippen LogP contribution in [0.4, 0.5) is 0 Å². The topological polar surface area (TPSA) is 34.1 Å². The Morgan fingerprint density at radius 1 is 0.833 bits per heavy atom. The van der Waals surface area contributed by atoms with E-state index in [9.17, 15) is 0 Å². The van der Waals surface area contributed by atoms with Gasteiger partial charge >= 0.3 is 17.5 Å². The van der Waals surface area contributed by atoms with Crippen molar-refractivity contribution >= 4 is 45.6 Å². The van der Waals surface area contributed by atoms with Crippen molar-refractivity contribution in [2.45, 2.75) is 0 Å². The molecule has 0 amide bonds. The molecule has 0 saturated heterocycles. The predicted molar refractivity (Wildman–Crippen MR) is 30.0 cm³/mol. The van der Waals surface area contributed by atoms with Crippen LogP contribution >= 0.6 is 45.6 Å². The Hall–Kier alpha value is 0.900. The number of rotatable bonds is 0. The molecule has 0 aromatic rings. The van der Waals surface area contributed by atoms with Gasteiger partial charge in [0.25, 0.3) is 0 Å². The molecular weight excluding hydrogens is 169 g/mol. The van der Waals surface area contributed by atoms with E-state index in [1.54, 1.807) is 0 Å². The molecule has 0 aliphatic heterocycles. The molecule has 2 nitrogen and oxygen atoms in total. The van der Waals surface area contributed by atoms with Crippen LogP contribution in [0, 0.1) is 0 Å². The molecule has 0 aliphatic rings. The quantitative estimate of drug-likeness (QED) is 0.523. The third-order valence-corrected chi connectivity index (χ3v) is 0. The van der Waals surface area contributed by atoms with Crippen molar-refractivity contribution in [2.24, 2.45) is 0 Å². The zero-order valence-electron chi connectivity index (χ0n) is 2.49. The van der Waals surface area contributed by atoms with Crippen LogP contribution in [0.2, 0.25) is 0 Å². The second kappa shape index (κ2) is 39.2. The summed E-state index contributed by atoms with van der Waals surface area (Å²) in [5.74, 6) is 0. The van der Waals surface area contributed by atoms with E-state index in [1.165, 1.54) is 0 Å². The molecule has 0 rings (SSSR count). The number of hydrogen-bond donors (Lipinski definition) is 0. The Labute approximate surface area is 55.2 Å². The molecule has 0 N–H and O–H groups in total. The van der Waals surface area contributed by atoms with Crippen molar-refractivity contribution < 1.29 is 9.13 Å². The fourth-order valence-corrected chi connectivity index (χ4v) is 0. The van der Waals surface area contributed by atoms with Gasteiger partial charge in [0.15, 0.2) is 0 Å². The standard InChI is InChI=1S/3ClH.O2P/c;;;1-3-2/h3*1H;. The predicted octanol–water partition coefficient (Wildman–Crippen LogP) is 1.89. The van der Waals surface area contributed by atoms with Crippen LogP contribution in [-0.2, 0) is 9.13 Å². The number of hydrogen-bond acceptors (Lipinski definition) is 2. The van der Waals surface area contributed by atoms with Gasteiger partial charge < -0.3 is 0 Å². The van der Waals surface area contributed by atoms with E-state index in [0.717, 1.165) is 0 Å². The molecule has 1 radical (unpaired) electrons. The average Bonchev–Trinajstić information content (AvgIpc) is 0.918. The Morgan fingerprint density at radius 3 is 0.833 bits per heavy atom. The van der Waals surface area contributed by atoms with Crippen molar-refractivity contribution in [3.63, 3.8) is 0 Å². The van der Waals surface area contributed by atoms with E-state index in [2.05, 4.69) is 0 Å². The van der Waals surface area contributed by atoms with Gasteiger partial charge in [-0.15, -0.1) is 37.2 Å². The molecule has 0 atom stereocenters. The van der Waals surface area contributed by atoms with E-state index >= 15 is 0 Å². The summed E-state index contributed by atoms with van der Waals surface area (Å²) >= 11 is 0. The molecule has 0 aromatic carbocycles. The summed E-state index contributed by atoms with van der Waals surface area (Å²) in [6.07, 6.45) is 0. The van der Waals surface area contributed by atoms with E-state index in [0.29, 0.717) is 0 Å². The van der Waals surface area contributed by atoms with Crippen molar-refractivity contribution in [3.8, 4) is 0 Å². The molecule has 0 fully saturated rings. The van der Waals surface area contributed by atoms with Gasteiger partial charge in [0.1, 0.15) is 0 Å². The molecule has 0 aliphatic carbocycles. The van der Waals surface area contributed by atoms with Gasteiger partial charge in [-0.2, -0.15) is 0 Å². The first-order valence-electron chi connectivity index (χ1n) is 0.365. The second-order valence-corrected chi connectivity index (χ2v) is 0.224. The molecule has 0 saturated carbocycles. The summed E-state index contributed by atoms with van der Waals surface area (Å²) in [5, 5.41) is 0. The second-order valence-electron chi connectivity index (χ2n) is 0.0745. The van der Waals surface area contributed by atoms with Gasteiger partial charge in [-0.1, -0.05) is 0 Å². The SMILES string of the molecule is Cl.Cl.Cl.O=[P]=O. The third kappa shape index (κ3) is 92.0. The van der Waals surface area contributed by atoms with Crippen LogP contribution in [0.5, 0.6) is 0 Å². The van der Waals surface area contributed by atoms with Crippen molar-refractivity contribution in [3.05, 3.63) is 0 Å². The molecule has 0 heterocycles. The minimum atomic E-state index is -1.08. The van der Waals surface area contributed by atoms with E-state index in [4.69, 9.17) is 9.13 Å². The molecule has 0 spiro atoms. The third-order valence-electron chi connectivity index (χ3n) is 0.